The number of rotatable bonds is 3. The lowest BCUT2D eigenvalue weighted by Crippen LogP contribution is -2.12. The monoisotopic (exact) mass is 241 g/mol. The first-order valence-electron chi connectivity index (χ1n) is 3.98. The second-order valence-electron chi connectivity index (χ2n) is 2.69. The molecule has 2 heterocycles. The van der Waals surface area contributed by atoms with E-state index in [4.69, 9.17) is 0 Å². The van der Waals surface area contributed by atoms with Crippen LogP contribution < -0.4 is 4.72 Å². The fourth-order valence-corrected chi connectivity index (χ4v) is 3.03. The van der Waals surface area contributed by atoms with Crippen molar-refractivity contribution in [2.75, 3.05) is 4.72 Å². The van der Waals surface area contributed by atoms with Crippen molar-refractivity contribution < 1.29 is 8.42 Å². The van der Waals surface area contributed by atoms with Crippen LogP contribution in [-0.2, 0) is 10.0 Å². The lowest BCUT2D eigenvalue weighted by Gasteiger charge is -2.04. The summed E-state index contributed by atoms with van der Waals surface area (Å²) in [6, 6.07) is 1.54. The molecule has 78 valence electrons. The predicted octanol–water partition coefficient (Wildman–Crippen LogP) is 1.34. The van der Waals surface area contributed by atoms with Crippen molar-refractivity contribution in [1.82, 2.24) is 9.97 Å². The first kappa shape index (κ1) is 10.1. The molecule has 0 radical (unpaired) electrons. The number of aromatic nitrogens is 2. The molecule has 0 aromatic carbocycles. The van der Waals surface area contributed by atoms with E-state index in [9.17, 15) is 8.42 Å². The molecule has 2 rings (SSSR count). The van der Waals surface area contributed by atoms with Gasteiger partial charge in [-0.3, -0.25) is 4.72 Å². The van der Waals surface area contributed by atoms with E-state index >= 15 is 0 Å². The minimum absolute atomic E-state index is 0.247. The Labute approximate surface area is 90.9 Å². The second-order valence-corrected chi connectivity index (χ2v) is 5.15. The summed E-state index contributed by atoms with van der Waals surface area (Å²) >= 11 is 1.33. The molecular formula is C8H7N3O2S2. The molecule has 0 spiro atoms. The summed E-state index contributed by atoms with van der Waals surface area (Å²) in [4.78, 5) is 7.68. The van der Waals surface area contributed by atoms with Crippen molar-refractivity contribution in [2.24, 2.45) is 0 Å². The normalized spacial score (nSPS) is 11.2. The van der Waals surface area contributed by atoms with Gasteiger partial charge in [-0.2, -0.15) is 11.3 Å². The smallest absolute Gasteiger partial charge is 0.262 e. The molecule has 0 unspecified atom stereocenters. The van der Waals surface area contributed by atoms with E-state index in [1.165, 1.54) is 36.1 Å². The van der Waals surface area contributed by atoms with E-state index in [-0.39, 0.29) is 4.90 Å². The zero-order chi connectivity index (χ0) is 10.7. The van der Waals surface area contributed by atoms with Crippen LogP contribution in [0.2, 0.25) is 0 Å². The maximum Gasteiger partial charge on any atom is 0.262 e. The molecule has 0 aliphatic rings. The van der Waals surface area contributed by atoms with Gasteiger partial charge < -0.3 is 0 Å². The van der Waals surface area contributed by atoms with Gasteiger partial charge in [0.05, 0.1) is 23.0 Å². The molecule has 1 N–H and O–H groups in total. The molecule has 0 amide bonds. The van der Waals surface area contributed by atoms with Crippen molar-refractivity contribution in [3.8, 4) is 0 Å². The van der Waals surface area contributed by atoms with Gasteiger partial charge in [-0.1, -0.05) is 0 Å². The molecule has 0 fully saturated rings. The summed E-state index contributed by atoms with van der Waals surface area (Å²) in [5, 5.41) is 3.27. The van der Waals surface area contributed by atoms with Gasteiger partial charge in [0.2, 0.25) is 0 Å². The summed E-state index contributed by atoms with van der Waals surface area (Å²) in [5.41, 5.74) is 0.351. The van der Waals surface area contributed by atoms with Crippen LogP contribution in [0, 0.1) is 0 Å². The molecule has 7 heteroatoms. The molecule has 0 atom stereocenters. The standard InChI is InChI=1S/C8H7N3O2S2/c12-15(13,8-1-2-14-5-8)11-7-3-9-6-10-4-7/h1-6,11H. The summed E-state index contributed by atoms with van der Waals surface area (Å²) in [6.45, 7) is 0. The van der Waals surface area contributed by atoms with Crippen molar-refractivity contribution >= 4 is 27.0 Å². The van der Waals surface area contributed by atoms with E-state index in [2.05, 4.69) is 14.7 Å². The largest absolute Gasteiger partial charge is 0.276 e. The highest BCUT2D eigenvalue weighted by Crippen LogP contribution is 2.16. The molecule has 0 saturated carbocycles. The van der Waals surface area contributed by atoms with Gasteiger partial charge in [0.15, 0.2) is 0 Å². The zero-order valence-electron chi connectivity index (χ0n) is 7.49. The number of hydrogen-bond donors (Lipinski definition) is 1. The number of hydrogen-bond acceptors (Lipinski definition) is 5. The van der Waals surface area contributed by atoms with Crippen molar-refractivity contribution in [1.29, 1.82) is 0 Å². The molecule has 0 bridgehead atoms. The predicted molar refractivity (Wildman–Crippen MR) is 57.2 cm³/mol. The maximum absolute atomic E-state index is 11.7. The summed E-state index contributed by atoms with van der Waals surface area (Å²) < 4.78 is 25.8. The quantitative estimate of drug-likeness (QED) is 0.880. The Morgan fingerprint density at radius 1 is 1.27 bits per heavy atom. The molecule has 0 aliphatic heterocycles. The van der Waals surface area contributed by atoms with Gasteiger partial charge in [0.25, 0.3) is 10.0 Å². The summed E-state index contributed by atoms with van der Waals surface area (Å²) in [7, 11) is -3.49. The SMILES string of the molecule is O=S(=O)(Nc1cncnc1)c1ccsc1. The Balaban J connectivity index is 2.27. The highest BCUT2D eigenvalue weighted by molar-refractivity contribution is 7.92. The lowest BCUT2D eigenvalue weighted by molar-refractivity contribution is 0.601. The van der Waals surface area contributed by atoms with E-state index in [0.717, 1.165) is 0 Å². The summed E-state index contributed by atoms with van der Waals surface area (Å²) in [6.07, 6.45) is 4.14. The van der Waals surface area contributed by atoms with E-state index in [1.54, 1.807) is 10.8 Å². The highest BCUT2D eigenvalue weighted by atomic mass is 32.2. The van der Waals surface area contributed by atoms with Crippen molar-refractivity contribution in [3.05, 3.63) is 35.5 Å². The Hall–Kier alpha value is -1.47. The number of nitrogens with zero attached hydrogens (tertiary/aromatic N) is 2. The number of nitrogens with one attached hydrogen (secondary N) is 1. The third-order valence-electron chi connectivity index (χ3n) is 1.62. The van der Waals surface area contributed by atoms with Crippen LogP contribution in [0.25, 0.3) is 0 Å². The van der Waals surface area contributed by atoms with E-state index in [0.29, 0.717) is 5.69 Å². The number of sulfonamides is 1. The van der Waals surface area contributed by atoms with Crippen molar-refractivity contribution in [2.45, 2.75) is 4.90 Å². The molecular weight excluding hydrogens is 234 g/mol. The van der Waals surface area contributed by atoms with E-state index in [1.807, 2.05) is 0 Å². The second kappa shape index (κ2) is 3.95. The number of anilines is 1. The molecule has 2 aromatic rings. The van der Waals surface area contributed by atoms with Crippen LogP contribution in [0.4, 0.5) is 5.69 Å². The fraction of sp³-hybridized carbons (Fsp3) is 0. The Morgan fingerprint density at radius 2 is 2.00 bits per heavy atom. The Bertz CT molecular complexity index is 522. The van der Waals surface area contributed by atoms with Gasteiger partial charge in [-0.15, -0.1) is 0 Å². The first-order valence-corrected chi connectivity index (χ1v) is 6.41. The van der Waals surface area contributed by atoms with Crippen molar-refractivity contribution in [3.63, 3.8) is 0 Å². The average molecular weight is 241 g/mol. The molecule has 2 aromatic heterocycles. The van der Waals surface area contributed by atoms with Crippen LogP contribution in [0.3, 0.4) is 0 Å². The third-order valence-corrected chi connectivity index (χ3v) is 3.83. The van der Waals surface area contributed by atoms with Gasteiger partial charge in [0, 0.05) is 5.38 Å². The van der Waals surface area contributed by atoms with Gasteiger partial charge >= 0.3 is 0 Å². The highest BCUT2D eigenvalue weighted by Gasteiger charge is 2.14. The van der Waals surface area contributed by atoms with Crippen LogP contribution >= 0.6 is 11.3 Å². The van der Waals surface area contributed by atoms with Crippen LogP contribution in [0.5, 0.6) is 0 Å². The maximum atomic E-state index is 11.7. The zero-order valence-corrected chi connectivity index (χ0v) is 9.12. The molecule has 0 saturated heterocycles. The Kier molecular flexibility index (Phi) is 2.65. The molecule has 5 nitrogen and oxygen atoms in total. The third kappa shape index (κ3) is 2.31. The van der Waals surface area contributed by atoms with Gasteiger partial charge in [0.1, 0.15) is 6.33 Å². The van der Waals surface area contributed by atoms with E-state index < -0.39 is 10.0 Å². The van der Waals surface area contributed by atoms with Gasteiger partial charge in [-0.05, 0) is 11.4 Å². The molecule has 15 heavy (non-hydrogen) atoms. The molecule has 0 aliphatic carbocycles. The van der Waals surface area contributed by atoms with Crippen LogP contribution in [-0.4, -0.2) is 18.4 Å². The lowest BCUT2D eigenvalue weighted by atomic mass is 10.6. The minimum Gasteiger partial charge on any atom is -0.276 e. The minimum atomic E-state index is -3.49. The number of thiophene rings is 1. The van der Waals surface area contributed by atoms with Crippen LogP contribution in [0.15, 0.2) is 40.4 Å². The summed E-state index contributed by atoms with van der Waals surface area (Å²) in [5.74, 6) is 0. The van der Waals surface area contributed by atoms with Gasteiger partial charge in [-0.25, -0.2) is 18.4 Å². The van der Waals surface area contributed by atoms with Crippen LogP contribution in [0.1, 0.15) is 0 Å². The topological polar surface area (TPSA) is 72.0 Å². The Morgan fingerprint density at radius 3 is 2.60 bits per heavy atom. The average Bonchev–Trinajstić information content (AvgIpc) is 2.71. The first-order chi connectivity index (χ1) is 7.18. The fourth-order valence-electron chi connectivity index (χ4n) is 0.971.